The van der Waals surface area contributed by atoms with Gasteiger partial charge < -0.3 is 40.4 Å². The fraction of sp³-hybridized carbons (Fsp3) is 1.00. The minimum absolute atomic E-state index is 0. The standard InChI is InChI=1S/C10H21NO7.ClH/c1-16-10-9(15)8(14)7(13)6(18-10)4-17-3-5(12)2-11;/h5-10,12-15H,2-4,11H2,1H3;1H/t5?,6?,7?,8-,9?,10?;/m0./s1. The molecule has 116 valence electrons. The molecule has 1 rings (SSSR count). The molecule has 0 saturated carbocycles. The van der Waals surface area contributed by atoms with Crippen LogP contribution in [0, 0.1) is 0 Å². The summed E-state index contributed by atoms with van der Waals surface area (Å²) in [4.78, 5) is 0. The zero-order valence-corrected chi connectivity index (χ0v) is 11.4. The zero-order valence-electron chi connectivity index (χ0n) is 10.6. The van der Waals surface area contributed by atoms with E-state index in [1.165, 1.54) is 7.11 Å². The van der Waals surface area contributed by atoms with E-state index >= 15 is 0 Å². The Labute approximate surface area is 117 Å². The molecule has 0 aromatic carbocycles. The molecule has 1 saturated heterocycles. The minimum atomic E-state index is -1.38. The van der Waals surface area contributed by atoms with Crippen molar-refractivity contribution in [2.24, 2.45) is 5.73 Å². The first-order valence-electron chi connectivity index (χ1n) is 5.69. The number of aliphatic hydroxyl groups excluding tert-OH is 4. The van der Waals surface area contributed by atoms with E-state index in [0.717, 1.165) is 0 Å². The second-order valence-corrected chi connectivity index (χ2v) is 4.18. The fourth-order valence-corrected chi connectivity index (χ4v) is 1.64. The average molecular weight is 304 g/mol. The van der Waals surface area contributed by atoms with Crippen LogP contribution in [0.2, 0.25) is 0 Å². The molecular weight excluding hydrogens is 282 g/mol. The summed E-state index contributed by atoms with van der Waals surface area (Å²) in [6.45, 7) is 0.0113. The van der Waals surface area contributed by atoms with Crippen molar-refractivity contribution in [3.63, 3.8) is 0 Å². The van der Waals surface area contributed by atoms with E-state index in [1.807, 2.05) is 0 Å². The maximum atomic E-state index is 9.69. The van der Waals surface area contributed by atoms with Crippen molar-refractivity contribution in [1.29, 1.82) is 0 Å². The zero-order chi connectivity index (χ0) is 13.7. The van der Waals surface area contributed by atoms with E-state index in [9.17, 15) is 20.4 Å². The molecule has 1 heterocycles. The predicted octanol–water partition coefficient (Wildman–Crippen LogP) is -2.80. The van der Waals surface area contributed by atoms with Crippen LogP contribution in [0.4, 0.5) is 0 Å². The first-order valence-corrected chi connectivity index (χ1v) is 5.69. The first-order chi connectivity index (χ1) is 8.51. The Kier molecular flexibility index (Phi) is 8.99. The van der Waals surface area contributed by atoms with Gasteiger partial charge in [0.05, 0.1) is 19.3 Å². The van der Waals surface area contributed by atoms with Gasteiger partial charge in [0, 0.05) is 13.7 Å². The Morgan fingerprint density at radius 2 is 1.84 bits per heavy atom. The van der Waals surface area contributed by atoms with Crippen molar-refractivity contribution in [1.82, 2.24) is 0 Å². The predicted molar refractivity (Wildman–Crippen MR) is 66.8 cm³/mol. The Morgan fingerprint density at radius 1 is 1.21 bits per heavy atom. The van der Waals surface area contributed by atoms with Crippen LogP contribution >= 0.6 is 12.4 Å². The quantitative estimate of drug-likeness (QED) is 0.355. The van der Waals surface area contributed by atoms with E-state index < -0.39 is 36.8 Å². The van der Waals surface area contributed by atoms with Crippen LogP contribution in [0.3, 0.4) is 0 Å². The molecule has 8 nitrogen and oxygen atoms in total. The van der Waals surface area contributed by atoms with Crippen LogP contribution in [-0.4, -0.2) is 84.1 Å². The van der Waals surface area contributed by atoms with Gasteiger partial charge in [-0.2, -0.15) is 0 Å². The second-order valence-electron chi connectivity index (χ2n) is 4.18. The molecule has 6 N–H and O–H groups in total. The highest BCUT2D eigenvalue weighted by Gasteiger charge is 2.43. The number of aliphatic hydroxyl groups is 4. The molecule has 0 aromatic rings. The molecule has 1 aliphatic rings. The molecule has 0 radical (unpaired) electrons. The minimum Gasteiger partial charge on any atom is -0.389 e. The lowest BCUT2D eigenvalue weighted by Gasteiger charge is -2.39. The Hall–Kier alpha value is -0.0300. The van der Waals surface area contributed by atoms with Gasteiger partial charge in [0.25, 0.3) is 0 Å². The maximum absolute atomic E-state index is 9.69. The smallest absolute Gasteiger partial charge is 0.186 e. The molecule has 0 bridgehead atoms. The highest BCUT2D eigenvalue weighted by molar-refractivity contribution is 5.85. The number of nitrogens with two attached hydrogens (primary N) is 1. The number of halogens is 1. The van der Waals surface area contributed by atoms with E-state index in [1.54, 1.807) is 0 Å². The van der Waals surface area contributed by atoms with Gasteiger partial charge in [-0.25, -0.2) is 0 Å². The average Bonchev–Trinajstić information content (AvgIpc) is 2.38. The van der Waals surface area contributed by atoms with Crippen molar-refractivity contribution < 1.29 is 34.6 Å². The largest absolute Gasteiger partial charge is 0.389 e. The molecule has 0 amide bonds. The van der Waals surface area contributed by atoms with Crippen LogP contribution in [-0.2, 0) is 14.2 Å². The molecule has 1 aliphatic heterocycles. The number of hydrogen-bond acceptors (Lipinski definition) is 8. The molecular formula is C10H22ClNO7. The summed E-state index contributed by atoms with van der Waals surface area (Å²) in [7, 11) is 1.31. The Balaban J connectivity index is 0.00000324. The van der Waals surface area contributed by atoms with Crippen LogP contribution in [0.25, 0.3) is 0 Å². The van der Waals surface area contributed by atoms with Gasteiger partial charge in [0.15, 0.2) is 6.29 Å². The number of rotatable bonds is 6. The summed E-state index contributed by atoms with van der Waals surface area (Å²) in [6, 6.07) is 0. The summed E-state index contributed by atoms with van der Waals surface area (Å²) < 4.78 is 15.2. The lowest BCUT2D eigenvalue weighted by atomic mass is 9.99. The van der Waals surface area contributed by atoms with E-state index in [4.69, 9.17) is 19.9 Å². The SMILES string of the molecule is COC1OC(COCC(O)CN)C(O)[C@H](O)C1O.Cl. The van der Waals surface area contributed by atoms with Gasteiger partial charge >= 0.3 is 0 Å². The summed E-state index contributed by atoms with van der Waals surface area (Å²) in [5.74, 6) is 0. The van der Waals surface area contributed by atoms with Crippen LogP contribution in [0.15, 0.2) is 0 Å². The highest BCUT2D eigenvalue weighted by atomic mass is 35.5. The van der Waals surface area contributed by atoms with Crippen LogP contribution in [0.5, 0.6) is 0 Å². The molecule has 0 aromatic heterocycles. The summed E-state index contributed by atoms with van der Waals surface area (Å²) in [5.41, 5.74) is 5.20. The van der Waals surface area contributed by atoms with Gasteiger partial charge in [0.1, 0.15) is 24.4 Å². The van der Waals surface area contributed by atoms with E-state index in [-0.39, 0.29) is 32.2 Å². The molecule has 0 aliphatic carbocycles. The third-order valence-corrected chi connectivity index (χ3v) is 2.77. The molecule has 9 heteroatoms. The maximum Gasteiger partial charge on any atom is 0.186 e. The molecule has 1 fully saturated rings. The number of ether oxygens (including phenoxy) is 3. The normalized spacial score (nSPS) is 36.6. The lowest BCUT2D eigenvalue weighted by Crippen LogP contribution is -2.59. The van der Waals surface area contributed by atoms with Gasteiger partial charge in [-0.15, -0.1) is 12.4 Å². The van der Waals surface area contributed by atoms with Crippen molar-refractivity contribution in [3.8, 4) is 0 Å². The number of hydrogen-bond donors (Lipinski definition) is 5. The summed E-state index contributed by atoms with van der Waals surface area (Å²) >= 11 is 0. The lowest BCUT2D eigenvalue weighted by molar-refractivity contribution is -0.296. The number of methoxy groups -OCH3 is 1. The Bertz CT molecular complexity index is 246. The van der Waals surface area contributed by atoms with Crippen LogP contribution in [0.1, 0.15) is 0 Å². The highest BCUT2D eigenvalue weighted by Crippen LogP contribution is 2.21. The fourth-order valence-electron chi connectivity index (χ4n) is 1.64. The topological polar surface area (TPSA) is 135 Å². The molecule has 0 spiro atoms. The van der Waals surface area contributed by atoms with Gasteiger partial charge in [0.2, 0.25) is 0 Å². The molecule has 6 atom stereocenters. The molecule has 5 unspecified atom stereocenters. The van der Waals surface area contributed by atoms with Gasteiger partial charge in [-0.05, 0) is 0 Å². The van der Waals surface area contributed by atoms with Gasteiger partial charge in [-0.3, -0.25) is 0 Å². The molecule has 19 heavy (non-hydrogen) atoms. The third-order valence-electron chi connectivity index (χ3n) is 2.77. The summed E-state index contributed by atoms with van der Waals surface area (Å²) in [6.07, 6.45) is -6.66. The second kappa shape index (κ2) is 9.01. The van der Waals surface area contributed by atoms with Gasteiger partial charge in [-0.1, -0.05) is 0 Å². The third kappa shape index (κ3) is 5.10. The van der Waals surface area contributed by atoms with Crippen molar-refractivity contribution in [2.45, 2.75) is 36.8 Å². The monoisotopic (exact) mass is 303 g/mol. The first kappa shape index (κ1) is 19.0. The van der Waals surface area contributed by atoms with Crippen molar-refractivity contribution >= 4 is 12.4 Å². The Morgan fingerprint density at radius 3 is 2.37 bits per heavy atom. The summed E-state index contributed by atoms with van der Waals surface area (Å²) in [5, 5.41) is 38.0. The van der Waals surface area contributed by atoms with Crippen LogP contribution < -0.4 is 5.73 Å². The van der Waals surface area contributed by atoms with Crippen molar-refractivity contribution in [2.75, 3.05) is 26.9 Å². The van der Waals surface area contributed by atoms with Crippen molar-refractivity contribution in [3.05, 3.63) is 0 Å². The van der Waals surface area contributed by atoms with E-state index in [2.05, 4.69) is 0 Å². The van der Waals surface area contributed by atoms with E-state index in [0.29, 0.717) is 0 Å².